The van der Waals surface area contributed by atoms with E-state index in [0.717, 1.165) is 11.9 Å². The van der Waals surface area contributed by atoms with Gasteiger partial charge in [0, 0.05) is 13.2 Å². The first-order valence-electron chi connectivity index (χ1n) is 4.05. The maximum absolute atomic E-state index is 5.36. The lowest BCUT2D eigenvalue weighted by atomic mass is 10.5. The first-order chi connectivity index (χ1) is 6.11. The Kier molecular flexibility index (Phi) is 3.42. The van der Waals surface area contributed by atoms with Crippen LogP contribution in [0.2, 0.25) is 0 Å². The Morgan fingerprint density at radius 3 is 2.46 bits per heavy atom. The highest BCUT2D eigenvalue weighted by atomic mass is 31.2. The molecule has 0 atom stereocenters. The molecule has 0 saturated carbocycles. The zero-order valence-corrected chi connectivity index (χ0v) is 9.41. The Morgan fingerprint density at radius 2 is 2.08 bits per heavy atom. The number of rotatable bonds is 4. The molecule has 0 aliphatic rings. The fourth-order valence-corrected chi connectivity index (χ4v) is 2.36. The third-order valence-electron chi connectivity index (χ3n) is 2.14. The van der Waals surface area contributed by atoms with Crippen molar-refractivity contribution in [1.29, 1.82) is 0 Å². The summed E-state index contributed by atoms with van der Waals surface area (Å²) in [7, 11) is 3.59. The Bertz CT molecular complexity index is 271. The summed E-state index contributed by atoms with van der Waals surface area (Å²) in [5, 5.41) is 4.09. The third-order valence-corrected chi connectivity index (χ3v) is 4.59. The Hall–Kier alpha value is -0.440. The fourth-order valence-electron chi connectivity index (χ4n) is 1.05. The fraction of sp³-hybridized carbons (Fsp3) is 0.625. The van der Waals surface area contributed by atoms with Crippen molar-refractivity contribution in [2.75, 3.05) is 20.9 Å². The minimum Gasteiger partial charge on any atom is -0.269 e. The summed E-state index contributed by atoms with van der Waals surface area (Å²) in [5.41, 5.74) is 1.14. The lowest BCUT2D eigenvalue weighted by Gasteiger charge is -2.15. The highest BCUT2D eigenvalue weighted by molar-refractivity contribution is 7.64. The van der Waals surface area contributed by atoms with E-state index in [0.29, 0.717) is 0 Å². The van der Waals surface area contributed by atoms with Crippen LogP contribution in [0.25, 0.3) is 0 Å². The normalized spacial score (nSPS) is 12.0. The Labute approximate surface area is 79.3 Å². The van der Waals surface area contributed by atoms with Gasteiger partial charge in [0.05, 0.1) is 19.9 Å². The molecule has 1 rings (SSSR count). The van der Waals surface area contributed by atoms with Crippen LogP contribution >= 0.6 is 7.72 Å². The molecule has 0 aromatic carbocycles. The van der Waals surface area contributed by atoms with Gasteiger partial charge in [-0.2, -0.15) is 5.10 Å². The first-order valence-corrected chi connectivity index (χ1v) is 6.31. The van der Waals surface area contributed by atoms with Gasteiger partial charge in [-0.25, -0.2) is 9.05 Å². The molecule has 0 radical (unpaired) electrons. The number of aromatic nitrogens is 2. The highest BCUT2D eigenvalue weighted by Gasteiger charge is 2.34. The van der Waals surface area contributed by atoms with Crippen molar-refractivity contribution in [2.24, 2.45) is 7.05 Å². The molecule has 5 heteroatoms. The SMILES string of the molecule is CO[P+](C)(Cc1ccnn1C)OC. The van der Waals surface area contributed by atoms with Crippen LogP contribution in [0, 0.1) is 0 Å². The van der Waals surface area contributed by atoms with Crippen LogP contribution in [0.4, 0.5) is 0 Å². The van der Waals surface area contributed by atoms with Gasteiger partial charge in [0.25, 0.3) is 7.72 Å². The quantitative estimate of drug-likeness (QED) is 0.698. The van der Waals surface area contributed by atoms with Crippen LogP contribution in [0.1, 0.15) is 5.69 Å². The lowest BCUT2D eigenvalue weighted by Crippen LogP contribution is -2.04. The molecule has 1 aromatic rings. The van der Waals surface area contributed by atoms with Gasteiger partial charge in [-0.3, -0.25) is 4.68 Å². The third kappa shape index (κ3) is 2.50. The van der Waals surface area contributed by atoms with Crippen molar-refractivity contribution >= 4 is 7.72 Å². The molecular weight excluding hydrogens is 187 g/mol. The largest absolute Gasteiger partial charge is 0.277 e. The second-order valence-corrected chi connectivity index (χ2v) is 6.06. The van der Waals surface area contributed by atoms with E-state index in [4.69, 9.17) is 9.05 Å². The van der Waals surface area contributed by atoms with E-state index in [2.05, 4.69) is 5.10 Å². The van der Waals surface area contributed by atoms with Gasteiger partial charge >= 0.3 is 0 Å². The first kappa shape index (κ1) is 10.6. The summed E-state index contributed by atoms with van der Waals surface area (Å²) < 4.78 is 12.6. The van der Waals surface area contributed by atoms with Crippen LogP contribution in [0.15, 0.2) is 12.3 Å². The van der Waals surface area contributed by atoms with Crippen LogP contribution in [0.3, 0.4) is 0 Å². The predicted octanol–water partition coefficient (Wildman–Crippen LogP) is 1.69. The van der Waals surface area contributed by atoms with Gasteiger partial charge in [0.2, 0.25) is 0 Å². The van der Waals surface area contributed by atoms with Crippen LogP contribution in [0.5, 0.6) is 0 Å². The van der Waals surface area contributed by atoms with Crippen molar-refractivity contribution in [1.82, 2.24) is 9.78 Å². The summed E-state index contributed by atoms with van der Waals surface area (Å²) in [6, 6.07) is 1.98. The number of aryl methyl sites for hydroxylation is 1. The number of hydrogen-bond donors (Lipinski definition) is 0. The van der Waals surface area contributed by atoms with Crippen molar-refractivity contribution in [2.45, 2.75) is 6.16 Å². The van der Waals surface area contributed by atoms with Crippen LogP contribution in [-0.2, 0) is 22.3 Å². The summed E-state index contributed by atoms with van der Waals surface area (Å²) in [6.45, 7) is 2.01. The molecule has 74 valence electrons. The minimum atomic E-state index is -1.71. The van der Waals surface area contributed by atoms with E-state index < -0.39 is 7.72 Å². The molecule has 0 aliphatic carbocycles. The number of hydrogen-bond acceptors (Lipinski definition) is 3. The zero-order valence-electron chi connectivity index (χ0n) is 8.52. The van der Waals surface area contributed by atoms with Crippen molar-refractivity contribution in [3.63, 3.8) is 0 Å². The maximum atomic E-state index is 5.36. The van der Waals surface area contributed by atoms with Crippen LogP contribution < -0.4 is 0 Å². The van der Waals surface area contributed by atoms with Gasteiger partial charge in [-0.1, -0.05) is 0 Å². The number of nitrogens with zero attached hydrogens (tertiary/aromatic N) is 2. The average Bonchev–Trinajstić information content (AvgIpc) is 2.52. The van der Waals surface area contributed by atoms with Crippen molar-refractivity contribution in [3.8, 4) is 0 Å². The standard InChI is InChI=1S/C8H16N2O2P/c1-10-8(5-6-9-10)7-13(4,11-2)12-3/h5-6H,7H2,1-4H3/q+1. The minimum absolute atomic E-state index is 0.802. The van der Waals surface area contributed by atoms with Gasteiger partial charge < -0.3 is 0 Å². The van der Waals surface area contributed by atoms with E-state index in [1.807, 2.05) is 24.5 Å². The zero-order chi connectivity index (χ0) is 9.90. The average molecular weight is 203 g/mol. The molecule has 0 spiro atoms. The van der Waals surface area contributed by atoms with E-state index in [1.54, 1.807) is 20.4 Å². The topological polar surface area (TPSA) is 36.3 Å². The van der Waals surface area contributed by atoms with Gasteiger partial charge in [0.15, 0.2) is 6.16 Å². The smallest absolute Gasteiger partial charge is 0.269 e. The molecule has 1 aromatic heterocycles. The molecular formula is C8H16N2O2P+. The molecule has 0 aliphatic heterocycles. The lowest BCUT2D eigenvalue weighted by molar-refractivity contribution is 0.319. The van der Waals surface area contributed by atoms with E-state index >= 15 is 0 Å². The van der Waals surface area contributed by atoms with E-state index in [1.165, 1.54) is 0 Å². The molecule has 4 nitrogen and oxygen atoms in total. The monoisotopic (exact) mass is 203 g/mol. The summed E-state index contributed by atoms with van der Waals surface area (Å²) in [6.07, 6.45) is 2.58. The molecule has 0 unspecified atom stereocenters. The summed E-state index contributed by atoms with van der Waals surface area (Å²) in [5.74, 6) is 0. The Balaban J connectivity index is 2.73. The molecule has 0 amide bonds. The molecule has 0 N–H and O–H groups in total. The van der Waals surface area contributed by atoms with Gasteiger partial charge in [-0.05, 0) is 6.07 Å². The Morgan fingerprint density at radius 1 is 1.46 bits per heavy atom. The predicted molar refractivity (Wildman–Crippen MR) is 53.8 cm³/mol. The van der Waals surface area contributed by atoms with E-state index in [-0.39, 0.29) is 0 Å². The van der Waals surface area contributed by atoms with Gasteiger partial charge in [-0.15, -0.1) is 0 Å². The molecule has 0 bridgehead atoms. The van der Waals surface area contributed by atoms with Crippen LogP contribution in [-0.4, -0.2) is 30.7 Å². The van der Waals surface area contributed by atoms with E-state index in [9.17, 15) is 0 Å². The molecule has 0 fully saturated rings. The summed E-state index contributed by atoms with van der Waals surface area (Å²) >= 11 is 0. The second-order valence-electron chi connectivity index (χ2n) is 2.98. The second kappa shape index (κ2) is 4.18. The molecule has 0 saturated heterocycles. The van der Waals surface area contributed by atoms with Crippen molar-refractivity contribution in [3.05, 3.63) is 18.0 Å². The summed E-state index contributed by atoms with van der Waals surface area (Å²) in [4.78, 5) is 0. The molecule has 13 heavy (non-hydrogen) atoms. The van der Waals surface area contributed by atoms with Crippen molar-refractivity contribution < 1.29 is 9.05 Å². The van der Waals surface area contributed by atoms with Gasteiger partial charge in [0.1, 0.15) is 6.66 Å². The maximum Gasteiger partial charge on any atom is 0.277 e. The highest BCUT2D eigenvalue weighted by Crippen LogP contribution is 2.58. The molecule has 1 heterocycles.